The van der Waals surface area contributed by atoms with E-state index in [2.05, 4.69) is 58.3 Å². The molecule has 1 rings (SSSR count). The first kappa shape index (κ1) is 38.8. The van der Waals surface area contributed by atoms with E-state index in [1.807, 2.05) is 0 Å². The van der Waals surface area contributed by atoms with Crippen molar-refractivity contribution in [2.75, 3.05) is 52.7 Å². The Balaban J connectivity index is 2.43. The summed E-state index contributed by atoms with van der Waals surface area (Å²) in [6.45, 7) is 23.5. The number of nitrogens with zero attached hydrogens (tertiary/aromatic N) is 2. The van der Waals surface area contributed by atoms with E-state index in [0.29, 0.717) is 25.2 Å². The first-order valence-electron chi connectivity index (χ1n) is 18.2. The van der Waals surface area contributed by atoms with Gasteiger partial charge >= 0.3 is 0 Å². The molecule has 0 aromatic rings. The molecule has 0 N–H and O–H groups in total. The van der Waals surface area contributed by atoms with Crippen LogP contribution in [0, 0.1) is 11.3 Å². The van der Waals surface area contributed by atoms with Crippen molar-refractivity contribution in [3.05, 3.63) is 0 Å². The molecule has 246 valence electrons. The van der Waals surface area contributed by atoms with E-state index in [-0.39, 0.29) is 5.92 Å². The molecule has 1 atom stereocenters. The molecule has 5 nitrogen and oxygen atoms in total. The minimum atomic E-state index is -0.887. The molecule has 0 aromatic carbocycles. The largest absolute Gasteiger partial charge is 0.328 e. The van der Waals surface area contributed by atoms with Crippen LogP contribution in [0.1, 0.15) is 164 Å². The maximum atomic E-state index is 6.27. The Morgan fingerprint density at radius 1 is 0.561 bits per heavy atom. The topological polar surface area (TPSA) is 34.2 Å². The SMILES string of the molecule is CCCCCCCCC(CCCN1CCCN(CCCCCCCCCC(C)(C)C)C1)C(OCC)(OCC)OCC. The molecular formula is C36H74N2O3. The van der Waals surface area contributed by atoms with Crippen molar-refractivity contribution in [3.8, 4) is 0 Å². The van der Waals surface area contributed by atoms with Gasteiger partial charge in [-0.2, -0.15) is 0 Å². The Morgan fingerprint density at radius 3 is 1.56 bits per heavy atom. The van der Waals surface area contributed by atoms with Gasteiger partial charge in [0.1, 0.15) is 0 Å². The van der Waals surface area contributed by atoms with Crippen LogP contribution in [-0.2, 0) is 14.2 Å². The second kappa shape index (κ2) is 24.2. The second-order valence-corrected chi connectivity index (χ2v) is 13.8. The van der Waals surface area contributed by atoms with Crippen molar-refractivity contribution in [3.63, 3.8) is 0 Å². The normalized spacial score (nSPS) is 16.5. The van der Waals surface area contributed by atoms with E-state index in [0.717, 1.165) is 19.5 Å². The molecule has 0 radical (unpaired) electrons. The predicted molar refractivity (Wildman–Crippen MR) is 177 cm³/mol. The summed E-state index contributed by atoms with van der Waals surface area (Å²) >= 11 is 0. The highest BCUT2D eigenvalue weighted by molar-refractivity contribution is 4.75. The van der Waals surface area contributed by atoms with Gasteiger partial charge in [0.15, 0.2) is 0 Å². The van der Waals surface area contributed by atoms with E-state index >= 15 is 0 Å². The van der Waals surface area contributed by atoms with Crippen molar-refractivity contribution in [1.82, 2.24) is 9.80 Å². The fraction of sp³-hybridized carbons (Fsp3) is 1.00. The fourth-order valence-electron chi connectivity index (χ4n) is 6.49. The summed E-state index contributed by atoms with van der Waals surface area (Å²) in [7, 11) is 0. The van der Waals surface area contributed by atoms with Crippen LogP contribution in [0.2, 0.25) is 0 Å². The lowest BCUT2D eigenvalue weighted by molar-refractivity contribution is -0.403. The van der Waals surface area contributed by atoms with Gasteiger partial charge in [0.2, 0.25) is 0 Å². The van der Waals surface area contributed by atoms with E-state index in [4.69, 9.17) is 14.2 Å². The minimum absolute atomic E-state index is 0.280. The van der Waals surface area contributed by atoms with Gasteiger partial charge in [0.05, 0.1) is 6.67 Å². The molecule has 1 unspecified atom stereocenters. The van der Waals surface area contributed by atoms with Gasteiger partial charge < -0.3 is 14.2 Å². The zero-order valence-electron chi connectivity index (χ0n) is 29.1. The zero-order valence-corrected chi connectivity index (χ0v) is 29.1. The van der Waals surface area contributed by atoms with Gasteiger partial charge in [-0.15, -0.1) is 0 Å². The number of hydrogen-bond donors (Lipinski definition) is 0. The lowest BCUT2D eigenvalue weighted by Gasteiger charge is -2.40. The average Bonchev–Trinajstić information content (AvgIpc) is 2.93. The van der Waals surface area contributed by atoms with Crippen LogP contribution in [0.15, 0.2) is 0 Å². The van der Waals surface area contributed by atoms with Crippen LogP contribution in [-0.4, -0.2) is 68.4 Å². The molecular weight excluding hydrogens is 508 g/mol. The van der Waals surface area contributed by atoms with E-state index in [1.54, 1.807) is 0 Å². The maximum absolute atomic E-state index is 6.27. The average molecular weight is 583 g/mol. The molecule has 5 heteroatoms. The highest BCUT2D eigenvalue weighted by Gasteiger charge is 2.41. The third-order valence-electron chi connectivity index (χ3n) is 8.72. The molecule has 1 fully saturated rings. The molecule has 0 spiro atoms. The lowest BCUT2D eigenvalue weighted by atomic mass is 9.89. The van der Waals surface area contributed by atoms with Gasteiger partial charge in [0.25, 0.3) is 5.97 Å². The van der Waals surface area contributed by atoms with Crippen LogP contribution in [0.5, 0.6) is 0 Å². The Hall–Kier alpha value is -0.200. The molecule has 0 saturated carbocycles. The summed E-state index contributed by atoms with van der Waals surface area (Å²) in [4.78, 5) is 5.38. The predicted octanol–water partition coefficient (Wildman–Crippen LogP) is 10.0. The Bertz CT molecular complexity index is 563. The molecule has 1 aliphatic rings. The van der Waals surface area contributed by atoms with Crippen LogP contribution in [0.4, 0.5) is 0 Å². The quantitative estimate of drug-likeness (QED) is 0.0711. The third kappa shape index (κ3) is 18.9. The Morgan fingerprint density at radius 2 is 1.02 bits per heavy atom. The van der Waals surface area contributed by atoms with Gasteiger partial charge in [-0.1, -0.05) is 105 Å². The lowest BCUT2D eigenvalue weighted by Crippen LogP contribution is -2.48. The van der Waals surface area contributed by atoms with Crippen molar-refractivity contribution >= 4 is 0 Å². The monoisotopic (exact) mass is 583 g/mol. The van der Waals surface area contributed by atoms with Crippen LogP contribution < -0.4 is 0 Å². The first-order valence-corrected chi connectivity index (χ1v) is 18.2. The van der Waals surface area contributed by atoms with Crippen molar-refractivity contribution in [2.24, 2.45) is 11.3 Å². The summed E-state index contributed by atoms with van der Waals surface area (Å²) in [5, 5.41) is 0. The first-order chi connectivity index (χ1) is 19.8. The fourth-order valence-corrected chi connectivity index (χ4v) is 6.49. The highest BCUT2D eigenvalue weighted by atomic mass is 16.9. The Labute approximate surface area is 257 Å². The van der Waals surface area contributed by atoms with Crippen LogP contribution >= 0.6 is 0 Å². The third-order valence-corrected chi connectivity index (χ3v) is 8.72. The second-order valence-electron chi connectivity index (χ2n) is 13.8. The molecule has 1 saturated heterocycles. The zero-order chi connectivity index (χ0) is 30.2. The molecule has 0 aliphatic carbocycles. The van der Waals surface area contributed by atoms with Gasteiger partial charge in [-0.3, -0.25) is 9.80 Å². The molecule has 0 bridgehead atoms. The number of unbranched alkanes of at least 4 members (excludes halogenated alkanes) is 11. The molecule has 1 aliphatic heterocycles. The number of hydrogen-bond acceptors (Lipinski definition) is 5. The van der Waals surface area contributed by atoms with Gasteiger partial charge in [-0.05, 0) is 77.8 Å². The van der Waals surface area contributed by atoms with E-state index < -0.39 is 5.97 Å². The molecule has 1 heterocycles. The highest BCUT2D eigenvalue weighted by Crippen LogP contribution is 2.34. The van der Waals surface area contributed by atoms with Gasteiger partial charge in [-0.25, -0.2) is 0 Å². The Kier molecular flexibility index (Phi) is 22.9. The number of rotatable bonds is 27. The van der Waals surface area contributed by atoms with Crippen LogP contribution in [0.25, 0.3) is 0 Å². The van der Waals surface area contributed by atoms with E-state index in [9.17, 15) is 0 Å². The van der Waals surface area contributed by atoms with Crippen molar-refractivity contribution in [2.45, 2.75) is 170 Å². The summed E-state index contributed by atoms with van der Waals surface area (Å²) < 4.78 is 18.8. The van der Waals surface area contributed by atoms with Crippen LogP contribution in [0.3, 0.4) is 0 Å². The molecule has 0 amide bonds. The van der Waals surface area contributed by atoms with E-state index in [1.165, 1.54) is 129 Å². The van der Waals surface area contributed by atoms with Crippen molar-refractivity contribution in [1.29, 1.82) is 0 Å². The summed E-state index contributed by atoms with van der Waals surface area (Å²) in [6.07, 6.45) is 23.8. The molecule has 0 aromatic heterocycles. The smallest absolute Gasteiger partial charge is 0.285 e. The minimum Gasteiger partial charge on any atom is -0.328 e. The maximum Gasteiger partial charge on any atom is 0.285 e. The molecule has 41 heavy (non-hydrogen) atoms. The van der Waals surface area contributed by atoms with Crippen molar-refractivity contribution < 1.29 is 14.2 Å². The number of ether oxygens (including phenoxy) is 3. The summed E-state index contributed by atoms with van der Waals surface area (Å²) in [5.74, 6) is -0.606. The summed E-state index contributed by atoms with van der Waals surface area (Å²) in [6, 6.07) is 0. The summed E-state index contributed by atoms with van der Waals surface area (Å²) in [5.41, 5.74) is 0.499. The van der Waals surface area contributed by atoms with Gasteiger partial charge in [0, 0.05) is 38.8 Å². The standard InChI is InChI=1S/C36H74N2O3/c1-8-12-13-14-18-21-26-34(36(39-9-2,40-10-3)41-11-4)27-24-30-38-32-25-31-37(33-38)29-23-20-17-15-16-19-22-28-35(5,6)7/h34H,8-33H2,1-7H3.